The maximum Gasteiger partial charge on any atom is 0.306 e. The van der Waals surface area contributed by atoms with E-state index in [0.29, 0.717) is 12.8 Å². The van der Waals surface area contributed by atoms with Crippen LogP contribution in [0, 0.1) is 0 Å². The summed E-state index contributed by atoms with van der Waals surface area (Å²) >= 11 is 0. The zero-order valence-corrected chi connectivity index (χ0v) is 50.8. The Bertz CT molecular complexity index is 1410. The highest BCUT2D eigenvalue weighted by Gasteiger charge is 2.47. The minimum Gasteiger partial charge on any atom is -0.454 e. The van der Waals surface area contributed by atoms with Crippen LogP contribution in [0.2, 0.25) is 0 Å². The first-order valence-corrected chi connectivity index (χ1v) is 33.3. The van der Waals surface area contributed by atoms with Crippen molar-refractivity contribution in [3.8, 4) is 0 Å². The second-order valence-electron chi connectivity index (χ2n) is 23.2. The fourth-order valence-corrected chi connectivity index (χ4v) is 10.5. The van der Waals surface area contributed by atoms with Gasteiger partial charge in [-0.2, -0.15) is 0 Å². The van der Waals surface area contributed by atoms with Gasteiger partial charge in [-0.25, -0.2) is 0 Å². The molecule has 8 unspecified atom stereocenters. The van der Waals surface area contributed by atoms with E-state index < -0.39 is 67.4 Å². The number of aliphatic hydroxyl groups is 5. The Balaban J connectivity index is 2.59. The number of allylic oxidation sites excluding steroid dienone is 5. The first-order chi connectivity index (χ1) is 38.2. The Labute approximate surface area is 479 Å². The Kier molecular flexibility index (Phi) is 52.5. The van der Waals surface area contributed by atoms with Crippen LogP contribution in [0.5, 0.6) is 0 Å². The first kappa shape index (κ1) is 73.9. The summed E-state index contributed by atoms with van der Waals surface area (Å²) in [5.41, 5.74) is 0. The quantitative estimate of drug-likeness (QED) is 0.0195. The molecule has 78 heavy (non-hydrogen) atoms. The number of nitrogens with one attached hydrogen (secondary N) is 1. The largest absolute Gasteiger partial charge is 0.454 e. The van der Waals surface area contributed by atoms with E-state index in [0.717, 1.165) is 70.6 Å². The van der Waals surface area contributed by atoms with Crippen molar-refractivity contribution in [1.82, 2.24) is 5.32 Å². The number of hydrogen-bond acceptors (Lipinski definition) is 10. The Hall–Kier alpha value is -2.12. The van der Waals surface area contributed by atoms with E-state index in [-0.39, 0.29) is 19.4 Å². The van der Waals surface area contributed by atoms with Crippen molar-refractivity contribution >= 4 is 11.9 Å². The Morgan fingerprint density at radius 1 is 0.487 bits per heavy atom. The fourth-order valence-electron chi connectivity index (χ4n) is 10.5. The van der Waals surface area contributed by atoms with Gasteiger partial charge < -0.3 is 45.1 Å². The van der Waals surface area contributed by atoms with Crippen LogP contribution in [0.4, 0.5) is 0 Å². The molecule has 0 spiro atoms. The fraction of sp³-hybridized carbons (Fsp3) is 0.881. The zero-order valence-electron chi connectivity index (χ0n) is 50.8. The van der Waals surface area contributed by atoms with E-state index in [1.54, 1.807) is 6.08 Å². The number of aliphatic hydroxyl groups excluding tert-OH is 5. The van der Waals surface area contributed by atoms with Crippen molar-refractivity contribution in [3.63, 3.8) is 0 Å². The van der Waals surface area contributed by atoms with Gasteiger partial charge in [-0.3, -0.25) is 9.59 Å². The Morgan fingerprint density at radius 3 is 1.26 bits per heavy atom. The molecule has 1 aliphatic rings. The lowest BCUT2D eigenvalue weighted by molar-refractivity contribution is -0.305. The molecule has 458 valence electrons. The van der Waals surface area contributed by atoms with Gasteiger partial charge in [0.1, 0.15) is 24.4 Å². The van der Waals surface area contributed by atoms with Crippen LogP contribution in [0.1, 0.15) is 316 Å². The molecule has 11 nitrogen and oxygen atoms in total. The van der Waals surface area contributed by atoms with Gasteiger partial charge in [0.2, 0.25) is 5.91 Å². The standard InChI is InChI=1S/C67H125NO10/c1-4-7-10-13-16-19-22-25-27-28-29-30-31-32-33-34-35-37-40-43-46-49-52-55-62(72)78-65-64(74)63(73)61(56-69)77-67(65)76-57-58(59(70)53-50-47-44-41-38-24-21-18-15-12-9-6-3)68-66(75)60(71)54-51-48-45-42-39-36-26-23-20-17-14-11-8-5-2/h20,23,25,27,50,53,58-61,63-65,67,69-71,73-74H,4-19,21-22,24,26,28-49,51-52,54-57H2,1-3H3,(H,68,75)/b23-20-,27-25+,53-50+. The van der Waals surface area contributed by atoms with Gasteiger partial charge in [0.15, 0.2) is 12.4 Å². The number of unbranched alkanes of at least 4 members (excludes halogenated alkanes) is 39. The van der Waals surface area contributed by atoms with E-state index in [1.165, 1.54) is 199 Å². The zero-order chi connectivity index (χ0) is 56.8. The molecule has 0 saturated carbocycles. The molecule has 11 heteroatoms. The summed E-state index contributed by atoms with van der Waals surface area (Å²) in [5.74, 6) is -1.19. The van der Waals surface area contributed by atoms with Crippen molar-refractivity contribution in [2.75, 3.05) is 13.2 Å². The summed E-state index contributed by atoms with van der Waals surface area (Å²) < 4.78 is 17.7. The monoisotopic (exact) mass is 1100 g/mol. The SMILES string of the molecule is CCCCCC/C=C\CCCCCCCCC(O)C(=O)NC(COC1OC(CO)C(O)C(O)C1OC(=O)CCCCCCCCCCCCCCC/C=C/CCCCCCCC)C(O)/C=C/CCCCCCCCCCCC. The third kappa shape index (κ3) is 42.7. The molecule has 0 aromatic heterocycles. The van der Waals surface area contributed by atoms with E-state index in [9.17, 15) is 35.1 Å². The number of carbonyl (C=O) groups is 2. The molecule has 0 aromatic rings. The first-order valence-electron chi connectivity index (χ1n) is 33.3. The lowest BCUT2D eigenvalue weighted by Crippen LogP contribution is -2.61. The highest BCUT2D eigenvalue weighted by Crippen LogP contribution is 2.26. The smallest absolute Gasteiger partial charge is 0.306 e. The number of esters is 1. The van der Waals surface area contributed by atoms with Gasteiger partial charge in [-0.15, -0.1) is 0 Å². The molecule has 8 atom stereocenters. The number of amides is 1. The second-order valence-corrected chi connectivity index (χ2v) is 23.2. The predicted octanol–water partition coefficient (Wildman–Crippen LogP) is 16.2. The maximum atomic E-state index is 13.4. The third-order valence-electron chi connectivity index (χ3n) is 15.8. The average Bonchev–Trinajstić information content (AvgIpc) is 3.45. The van der Waals surface area contributed by atoms with E-state index in [1.807, 2.05) is 6.08 Å². The summed E-state index contributed by atoms with van der Waals surface area (Å²) in [6.45, 7) is 5.80. The van der Waals surface area contributed by atoms with Gasteiger partial charge in [0, 0.05) is 6.42 Å². The molecular weight excluding hydrogens is 979 g/mol. The summed E-state index contributed by atoms with van der Waals surface area (Å²) in [6.07, 6.45) is 56.1. The summed E-state index contributed by atoms with van der Waals surface area (Å²) in [7, 11) is 0. The van der Waals surface area contributed by atoms with E-state index in [2.05, 4.69) is 50.4 Å². The topological polar surface area (TPSA) is 175 Å². The van der Waals surface area contributed by atoms with Crippen LogP contribution in [0.3, 0.4) is 0 Å². The van der Waals surface area contributed by atoms with Crippen molar-refractivity contribution < 1.29 is 49.3 Å². The summed E-state index contributed by atoms with van der Waals surface area (Å²) in [4.78, 5) is 26.6. The minimum atomic E-state index is -1.61. The van der Waals surface area contributed by atoms with Gasteiger partial charge in [0.25, 0.3) is 0 Å². The third-order valence-corrected chi connectivity index (χ3v) is 15.8. The molecule has 0 radical (unpaired) electrons. The lowest BCUT2D eigenvalue weighted by atomic mass is 9.99. The van der Waals surface area contributed by atoms with Gasteiger partial charge >= 0.3 is 5.97 Å². The molecular formula is C67H125NO10. The summed E-state index contributed by atoms with van der Waals surface area (Å²) in [5, 5.41) is 57.0. The molecule has 1 fully saturated rings. The van der Waals surface area contributed by atoms with Crippen LogP contribution in [-0.4, -0.2) is 99.6 Å². The van der Waals surface area contributed by atoms with Crippen molar-refractivity contribution in [3.05, 3.63) is 36.5 Å². The van der Waals surface area contributed by atoms with Crippen LogP contribution in [-0.2, 0) is 23.8 Å². The number of ether oxygens (including phenoxy) is 3. The molecule has 1 amide bonds. The molecule has 0 aromatic carbocycles. The van der Waals surface area contributed by atoms with Crippen LogP contribution in [0.25, 0.3) is 0 Å². The van der Waals surface area contributed by atoms with E-state index in [4.69, 9.17) is 14.2 Å². The van der Waals surface area contributed by atoms with Crippen LogP contribution >= 0.6 is 0 Å². The van der Waals surface area contributed by atoms with Crippen LogP contribution < -0.4 is 5.32 Å². The van der Waals surface area contributed by atoms with Crippen molar-refractivity contribution in [2.24, 2.45) is 0 Å². The maximum absolute atomic E-state index is 13.4. The van der Waals surface area contributed by atoms with Crippen LogP contribution in [0.15, 0.2) is 36.5 Å². The highest BCUT2D eigenvalue weighted by atomic mass is 16.7. The number of rotatable bonds is 57. The minimum absolute atomic E-state index is 0.126. The second kappa shape index (κ2) is 55.4. The van der Waals surface area contributed by atoms with E-state index >= 15 is 0 Å². The molecule has 6 N–H and O–H groups in total. The molecule has 1 rings (SSSR count). The van der Waals surface area contributed by atoms with Crippen molar-refractivity contribution in [2.45, 2.75) is 365 Å². The number of hydrogen-bond donors (Lipinski definition) is 6. The summed E-state index contributed by atoms with van der Waals surface area (Å²) in [6, 6.07) is -1.02. The number of carbonyl (C=O) groups excluding carboxylic acids is 2. The van der Waals surface area contributed by atoms with Gasteiger partial charge in [0.05, 0.1) is 25.4 Å². The molecule has 1 saturated heterocycles. The average molecular weight is 1100 g/mol. The Morgan fingerprint density at radius 2 is 0.846 bits per heavy atom. The normalized spacial score (nSPS) is 19.1. The molecule has 1 heterocycles. The van der Waals surface area contributed by atoms with Crippen molar-refractivity contribution in [1.29, 1.82) is 0 Å². The highest BCUT2D eigenvalue weighted by molar-refractivity contribution is 5.80. The molecule has 0 bridgehead atoms. The van der Waals surface area contributed by atoms with Gasteiger partial charge in [-0.1, -0.05) is 269 Å². The predicted molar refractivity (Wildman–Crippen MR) is 324 cm³/mol. The molecule has 1 aliphatic heterocycles. The van der Waals surface area contributed by atoms with Gasteiger partial charge in [-0.05, 0) is 77.0 Å². The lowest BCUT2D eigenvalue weighted by Gasteiger charge is -2.41. The molecule has 0 aliphatic carbocycles.